The third kappa shape index (κ3) is 11.2. The van der Waals surface area contributed by atoms with Crippen LogP contribution in [-0.4, -0.2) is 11.9 Å². The predicted molar refractivity (Wildman–Crippen MR) is 120 cm³/mol. The van der Waals surface area contributed by atoms with E-state index in [-0.39, 0.29) is 23.8 Å². The van der Waals surface area contributed by atoms with Gasteiger partial charge < -0.3 is 4.74 Å². The normalized spacial score (nSPS) is 23.6. The smallest absolute Gasteiger partial charge is 0.316 e. The summed E-state index contributed by atoms with van der Waals surface area (Å²) in [6.45, 7) is 0. The van der Waals surface area contributed by atoms with Crippen molar-refractivity contribution in [2.75, 3.05) is 0 Å². The van der Waals surface area contributed by atoms with Gasteiger partial charge in [-0.15, -0.1) is 0 Å². The van der Waals surface area contributed by atoms with Crippen LogP contribution in [0.25, 0.3) is 0 Å². The molecule has 0 aromatic heterocycles. The molecule has 2 fully saturated rings. The molecule has 2 rings (SSSR count). The van der Waals surface area contributed by atoms with Gasteiger partial charge in [0.25, 0.3) is 0 Å². The molecule has 0 aromatic carbocycles. The standard InChI is InChI=1S/C26H46O3/c27-25(23-19-15-11-7-3-1-4-8-12-16-20-23)29-26(28)24-21-17-13-9-5-2-6-10-14-18-22-24/h23-24H,1-22H2. The summed E-state index contributed by atoms with van der Waals surface area (Å²) in [7, 11) is 0. The van der Waals surface area contributed by atoms with E-state index in [1.54, 1.807) is 0 Å². The van der Waals surface area contributed by atoms with Crippen LogP contribution in [0, 0.1) is 11.8 Å². The molecule has 0 aromatic rings. The molecule has 168 valence electrons. The molecule has 0 atom stereocenters. The Kier molecular flexibility index (Phi) is 13.4. The molecule has 0 unspecified atom stereocenters. The van der Waals surface area contributed by atoms with Crippen molar-refractivity contribution in [3.8, 4) is 0 Å². The van der Waals surface area contributed by atoms with E-state index in [2.05, 4.69) is 0 Å². The Morgan fingerprint density at radius 3 is 0.828 bits per heavy atom. The van der Waals surface area contributed by atoms with Gasteiger partial charge in [0.05, 0.1) is 11.8 Å². The molecule has 0 N–H and O–H groups in total. The van der Waals surface area contributed by atoms with E-state index < -0.39 is 0 Å². The molecule has 2 saturated carbocycles. The van der Waals surface area contributed by atoms with Gasteiger partial charge in [-0.2, -0.15) is 0 Å². The van der Waals surface area contributed by atoms with Crippen LogP contribution in [0.1, 0.15) is 141 Å². The second-order valence-corrected chi connectivity index (χ2v) is 9.65. The van der Waals surface area contributed by atoms with Crippen LogP contribution in [0.5, 0.6) is 0 Å². The van der Waals surface area contributed by atoms with Gasteiger partial charge in [0.15, 0.2) is 0 Å². The molecule has 0 aliphatic heterocycles. The molecular weight excluding hydrogens is 360 g/mol. The fourth-order valence-corrected chi connectivity index (χ4v) is 5.06. The van der Waals surface area contributed by atoms with Crippen LogP contribution in [0.15, 0.2) is 0 Å². The summed E-state index contributed by atoms with van der Waals surface area (Å²) in [5.41, 5.74) is 0. The van der Waals surface area contributed by atoms with E-state index in [9.17, 15) is 9.59 Å². The number of hydrogen-bond acceptors (Lipinski definition) is 3. The van der Waals surface area contributed by atoms with Gasteiger partial charge in [0, 0.05) is 0 Å². The summed E-state index contributed by atoms with van der Waals surface area (Å²) in [5, 5.41) is 0. The lowest BCUT2D eigenvalue weighted by Crippen LogP contribution is -2.26. The highest BCUT2D eigenvalue weighted by atomic mass is 16.6. The number of hydrogen-bond donors (Lipinski definition) is 0. The van der Waals surface area contributed by atoms with Crippen molar-refractivity contribution >= 4 is 11.9 Å². The second-order valence-electron chi connectivity index (χ2n) is 9.65. The summed E-state index contributed by atoms with van der Waals surface area (Å²) < 4.78 is 5.50. The Labute approximate surface area is 179 Å². The van der Waals surface area contributed by atoms with Gasteiger partial charge in [-0.25, -0.2) is 0 Å². The zero-order valence-electron chi connectivity index (χ0n) is 18.9. The summed E-state index contributed by atoms with van der Waals surface area (Å²) >= 11 is 0. The fraction of sp³-hybridized carbons (Fsp3) is 0.923. The van der Waals surface area contributed by atoms with Crippen LogP contribution in [0.2, 0.25) is 0 Å². The highest BCUT2D eigenvalue weighted by Crippen LogP contribution is 2.25. The van der Waals surface area contributed by atoms with E-state index >= 15 is 0 Å². The highest BCUT2D eigenvalue weighted by molar-refractivity contribution is 5.87. The maximum absolute atomic E-state index is 12.8. The molecule has 0 heterocycles. The first-order valence-corrected chi connectivity index (χ1v) is 13.0. The lowest BCUT2D eigenvalue weighted by Gasteiger charge is -2.19. The Morgan fingerprint density at radius 1 is 0.379 bits per heavy atom. The molecule has 29 heavy (non-hydrogen) atoms. The first-order valence-electron chi connectivity index (χ1n) is 13.0. The molecular formula is C26H46O3. The van der Waals surface area contributed by atoms with Gasteiger partial charge in [-0.3, -0.25) is 9.59 Å². The van der Waals surface area contributed by atoms with Crippen LogP contribution in [0.3, 0.4) is 0 Å². The van der Waals surface area contributed by atoms with Crippen molar-refractivity contribution in [2.24, 2.45) is 11.8 Å². The van der Waals surface area contributed by atoms with Gasteiger partial charge >= 0.3 is 11.9 Å². The largest absolute Gasteiger partial charge is 0.393 e. The predicted octanol–water partition coefficient (Wildman–Crippen LogP) is 7.90. The van der Waals surface area contributed by atoms with Crippen LogP contribution in [-0.2, 0) is 14.3 Å². The average Bonchev–Trinajstić information content (AvgIpc) is 2.68. The number of carbonyl (C=O) groups excluding carboxylic acids is 2. The fourth-order valence-electron chi connectivity index (χ4n) is 5.06. The summed E-state index contributed by atoms with van der Waals surface area (Å²) in [6.07, 6.45) is 26.0. The van der Waals surface area contributed by atoms with E-state index in [1.807, 2.05) is 0 Å². The summed E-state index contributed by atoms with van der Waals surface area (Å²) in [4.78, 5) is 25.6. The van der Waals surface area contributed by atoms with Gasteiger partial charge in [0.1, 0.15) is 0 Å². The minimum Gasteiger partial charge on any atom is -0.393 e. The minimum absolute atomic E-state index is 0.0652. The topological polar surface area (TPSA) is 43.4 Å². The molecule has 3 nitrogen and oxygen atoms in total. The van der Waals surface area contributed by atoms with Crippen molar-refractivity contribution in [2.45, 2.75) is 141 Å². The van der Waals surface area contributed by atoms with Crippen molar-refractivity contribution in [3.63, 3.8) is 0 Å². The maximum Gasteiger partial charge on any atom is 0.316 e. The van der Waals surface area contributed by atoms with E-state index in [4.69, 9.17) is 4.74 Å². The first-order chi connectivity index (χ1) is 14.3. The van der Waals surface area contributed by atoms with E-state index in [0.29, 0.717) is 0 Å². The van der Waals surface area contributed by atoms with Crippen LogP contribution in [0.4, 0.5) is 0 Å². The lowest BCUT2D eigenvalue weighted by molar-refractivity contribution is -0.166. The van der Waals surface area contributed by atoms with Gasteiger partial charge in [0.2, 0.25) is 0 Å². The number of esters is 2. The SMILES string of the molecule is O=C(OC(=O)C1CCCCCCCCCCC1)C1CCCCCCCCCCC1. The molecule has 0 radical (unpaired) electrons. The van der Waals surface area contributed by atoms with Crippen LogP contribution < -0.4 is 0 Å². The van der Waals surface area contributed by atoms with Crippen molar-refractivity contribution in [1.82, 2.24) is 0 Å². The van der Waals surface area contributed by atoms with Crippen molar-refractivity contribution in [3.05, 3.63) is 0 Å². The summed E-state index contributed by atoms with van der Waals surface area (Å²) in [6, 6.07) is 0. The van der Waals surface area contributed by atoms with Crippen molar-refractivity contribution in [1.29, 1.82) is 0 Å². The Balaban J connectivity index is 1.82. The van der Waals surface area contributed by atoms with E-state index in [0.717, 1.165) is 51.4 Å². The zero-order chi connectivity index (χ0) is 20.6. The highest BCUT2D eigenvalue weighted by Gasteiger charge is 2.27. The molecule has 0 saturated heterocycles. The second kappa shape index (κ2) is 15.9. The Hall–Kier alpha value is -0.860. The molecule has 2 aliphatic rings. The quantitative estimate of drug-likeness (QED) is 0.346. The Morgan fingerprint density at radius 2 is 0.586 bits per heavy atom. The summed E-state index contributed by atoms with van der Waals surface area (Å²) in [5.74, 6) is -0.578. The monoisotopic (exact) mass is 406 g/mol. The molecule has 0 bridgehead atoms. The molecule has 0 spiro atoms. The minimum atomic E-state index is -0.224. The third-order valence-electron chi connectivity index (χ3n) is 7.08. The molecule has 3 heteroatoms. The average molecular weight is 407 g/mol. The maximum atomic E-state index is 12.8. The van der Waals surface area contributed by atoms with Gasteiger partial charge in [-0.1, -0.05) is 116 Å². The van der Waals surface area contributed by atoms with E-state index in [1.165, 1.54) is 89.9 Å². The van der Waals surface area contributed by atoms with Crippen molar-refractivity contribution < 1.29 is 14.3 Å². The lowest BCUT2D eigenvalue weighted by atomic mass is 9.92. The Bertz CT molecular complexity index is 381. The molecule has 2 aliphatic carbocycles. The van der Waals surface area contributed by atoms with Gasteiger partial charge in [-0.05, 0) is 25.7 Å². The third-order valence-corrected chi connectivity index (χ3v) is 7.08. The number of ether oxygens (including phenoxy) is 1. The zero-order valence-corrected chi connectivity index (χ0v) is 18.9. The molecule has 0 amide bonds. The first kappa shape index (κ1) is 24.4. The number of rotatable bonds is 2. The van der Waals surface area contributed by atoms with Crippen LogP contribution >= 0.6 is 0 Å². The number of carbonyl (C=O) groups is 2.